The minimum atomic E-state index is -0.369. The predicted molar refractivity (Wildman–Crippen MR) is 108 cm³/mol. The van der Waals surface area contributed by atoms with Crippen molar-refractivity contribution in [2.45, 2.75) is 32.4 Å². The Balaban J connectivity index is 1.51. The van der Waals surface area contributed by atoms with Gasteiger partial charge in [0, 0.05) is 36.3 Å². The summed E-state index contributed by atoms with van der Waals surface area (Å²) in [4.78, 5) is 12.2. The molecule has 1 aromatic heterocycles. The molecule has 2 N–H and O–H groups in total. The van der Waals surface area contributed by atoms with Crippen molar-refractivity contribution < 1.29 is 19.0 Å². The molecule has 1 heterocycles. The Morgan fingerprint density at radius 3 is 2.72 bits per heavy atom. The van der Waals surface area contributed by atoms with Crippen molar-refractivity contribution in [1.82, 2.24) is 15.1 Å². The molecule has 1 unspecified atom stereocenters. The van der Waals surface area contributed by atoms with E-state index in [0.717, 1.165) is 11.1 Å². The number of ether oxygens (including phenoxy) is 1. The van der Waals surface area contributed by atoms with Crippen LogP contribution in [0.5, 0.6) is 11.5 Å². The van der Waals surface area contributed by atoms with Gasteiger partial charge in [0.15, 0.2) is 0 Å². The summed E-state index contributed by atoms with van der Waals surface area (Å²) in [6.07, 6.45) is 4.63. The number of nitrogens with one attached hydrogen (secondary N) is 1. The van der Waals surface area contributed by atoms with E-state index in [1.54, 1.807) is 24.4 Å². The van der Waals surface area contributed by atoms with Gasteiger partial charge < -0.3 is 15.2 Å². The maximum atomic E-state index is 13.4. The first-order chi connectivity index (χ1) is 14.0. The predicted octanol–water partition coefficient (Wildman–Crippen LogP) is 4.06. The van der Waals surface area contributed by atoms with Gasteiger partial charge in [0.2, 0.25) is 5.91 Å². The van der Waals surface area contributed by atoms with E-state index in [0.29, 0.717) is 24.2 Å². The first-order valence-electron chi connectivity index (χ1n) is 9.39. The number of aromatic nitrogens is 2. The van der Waals surface area contributed by atoms with Crippen molar-refractivity contribution >= 4 is 5.91 Å². The second-order valence-corrected chi connectivity index (χ2v) is 6.88. The lowest BCUT2D eigenvalue weighted by Gasteiger charge is -2.13. The number of benzene rings is 2. The monoisotopic (exact) mass is 397 g/mol. The summed E-state index contributed by atoms with van der Waals surface area (Å²) < 4.78 is 20.4. The molecule has 3 rings (SSSR count). The van der Waals surface area contributed by atoms with Gasteiger partial charge in [-0.25, -0.2) is 4.39 Å². The van der Waals surface area contributed by atoms with Crippen LogP contribution in [-0.4, -0.2) is 27.9 Å². The maximum absolute atomic E-state index is 13.4. The normalized spacial score (nSPS) is 11.8. The van der Waals surface area contributed by atoms with Crippen molar-refractivity contribution in [1.29, 1.82) is 0 Å². The Kier molecular flexibility index (Phi) is 6.49. The number of aromatic hydroxyl groups is 1. The fraction of sp³-hybridized carbons (Fsp3) is 0.273. The van der Waals surface area contributed by atoms with Crippen LogP contribution in [0.15, 0.2) is 54.9 Å². The van der Waals surface area contributed by atoms with Crippen LogP contribution in [0.25, 0.3) is 11.1 Å². The Hall–Kier alpha value is -3.35. The van der Waals surface area contributed by atoms with Crippen LogP contribution in [-0.2, 0) is 11.3 Å². The lowest BCUT2D eigenvalue weighted by molar-refractivity contribution is -0.121. The summed E-state index contributed by atoms with van der Waals surface area (Å²) in [6.45, 7) is 2.21. The van der Waals surface area contributed by atoms with Crippen molar-refractivity contribution in [3.8, 4) is 22.6 Å². The largest absolute Gasteiger partial charge is 0.508 e. The Morgan fingerprint density at radius 1 is 1.24 bits per heavy atom. The van der Waals surface area contributed by atoms with Crippen LogP contribution in [0.3, 0.4) is 0 Å². The van der Waals surface area contributed by atoms with Crippen LogP contribution in [0.2, 0.25) is 0 Å². The molecule has 0 saturated carbocycles. The van der Waals surface area contributed by atoms with Crippen molar-refractivity contribution in [2.75, 3.05) is 7.11 Å². The molecule has 0 aliphatic carbocycles. The topological polar surface area (TPSA) is 76.4 Å². The van der Waals surface area contributed by atoms with E-state index in [4.69, 9.17) is 4.74 Å². The second kappa shape index (κ2) is 9.23. The number of phenolic OH excluding ortho intramolecular Hbond substituents is 1. The Morgan fingerprint density at radius 2 is 2.00 bits per heavy atom. The van der Waals surface area contributed by atoms with Gasteiger partial charge in [-0.15, -0.1) is 0 Å². The molecule has 0 aliphatic heterocycles. The average molecular weight is 397 g/mol. The number of carbonyl (C=O) groups excluding carboxylic acids is 1. The number of hydrogen-bond donors (Lipinski definition) is 2. The third-order valence-electron chi connectivity index (χ3n) is 4.76. The van der Waals surface area contributed by atoms with Gasteiger partial charge >= 0.3 is 0 Å². The highest BCUT2D eigenvalue weighted by atomic mass is 19.1. The molecule has 152 valence electrons. The van der Waals surface area contributed by atoms with Crippen LogP contribution < -0.4 is 10.1 Å². The highest BCUT2D eigenvalue weighted by Crippen LogP contribution is 2.23. The van der Waals surface area contributed by atoms with Gasteiger partial charge in [-0.2, -0.15) is 5.10 Å². The molecule has 7 heteroatoms. The fourth-order valence-corrected chi connectivity index (χ4v) is 3.02. The minimum absolute atomic E-state index is 0.0373. The number of carbonyl (C=O) groups is 1. The van der Waals surface area contributed by atoms with E-state index >= 15 is 0 Å². The summed E-state index contributed by atoms with van der Waals surface area (Å²) in [5.74, 6) is 0.274. The van der Waals surface area contributed by atoms with Gasteiger partial charge in [0.05, 0.1) is 13.3 Å². The van der Waals surface area contributed by atoms with E-state index in [1.165, 1.54) is 19.2 Å². The molecule has 0 aliphatic rings. The van der Waals surface area contributed by atoms with Crippen molar-refractivity contribution in [3.63, 3.8) is 0 Å². The molecular weight excluding hydrogens is 373 g/mol. The molecule has 0 fully saturated rings. The average Bonchev–Trinajstić information content (AvgIpc) is 3.21. The summed E-state index contributed by atoms with van der Waals surface area (Å²) in [5, 5.41) is 16.6. The van der Waals surface area contributed by atoms with Gasteiger partial charge in [-0.1, -0.05) is 12.1 Å². The van der Waals surface area contributed by atoms with Crippen molar-refractivity contribution in [3.05, 3.63) is 66.2 Å². The lowest BCUT2D eigenvalue weighted by atomic mass is 10.1. The van der Waals surface area contributed by atoms with Crippen LogP contribution in [0, 0.1) is 5.82 Å². The number of methoxy groups -OCH3 is 1. The third kappa shape index (κ3) is 5.34. The molecule has 6 nitrogen and oxygen atoms in total. The quantitative estimate of drug-likeness (QED) is 0.601. The molecule has 0 radical (unpaired) electrons. The smallest absolute Gasteiger partial charge is 0.220 e. The number of hydrogen-bond acceptors (Lipinski definition) is 4. The SMILES string of the molecule is COc1ccc(F)cc1CNC(=O)CCC(C)n1cc(-c2ccc(O)cc2)cn1. The summed E-state index contributed by atoms with van der Waals surface area (Å²) in [7, 11) is 1.51. The lowest BCUT2D eigenvalue weighted by Crippen LogP contribution is -2.23. The van der Waals surface area contributed by atoms with Gasteiger partial charge in [0.1, 0.15) is 17.3 Å². The summed E-state index contributed by atoms with van der Waals surface area (Å²) in [6, 6.07) is 11.2. The molecule has 29 heavy (non-hydrogen) atoms. The zero-order valence-electron chi connectivity index (χ0n) is 16.4. The highest BCUT2D eigenvalue weighted by Gasteiger charge is 2.12. The molecule has 1 amide bonds. The number of rotatable bonds is 8. The Labute approximate surface area is 168 Å². The fourth-order valence-electron chi connectivity index (χ4n) is 3.02. The first kappa shape index (κ1) is 20.4. The van der Waals surface area contributed by atoms with E-state index in [1.807, 2.05) is 29.9 Å². The Bertz CT molecular complexity index is 970. The molecule has 0 bridgehead atoms. The first-order valence-corrected chi connectivity index (χ1v) is 9.39. The van der Waals surface area contributed by atoms with Crippen LogP contribution in [0.1, 0.15) is 31.4 Å². The molecule has 1 atom stereocenters. The van der Waals surface area contributed by atoms with E-state index in [9.17, 15) is 14.3 Å². The number of phenols is 1. The maximum Gasteiger partial charge on any atom is 0.220 e. The zero-order chi connectivity index (χ0) is 20.8. The molecular formula is C22H24FN3O3. The molecule has 3 aromatic rings. The van der Waals surface area contributed by atoms with Gasteiger partial charge in [0.25, 0.3) is 0 Å². The van der Waals surface area contributed by atoms with Crippen LogP contribution >= 0.6 is 0 Å². The standard InChI is InChI=1S/C22H24FN3O3/c1-15(26-14-18(13-25-26)16-4-7-20(27)8-5-16)3-10-22(28)24-12-17-11-19(23)6-9-21(17)29-2/h4-9,11,13-15,27H,3,10,12H2,1-2H3,(H,24,28). The minimum Gasteiger partial charge on any atom is -0.508 e. The van der Waals surface area contributed by atoms with Crippen LogP contribution in [0.4, 0.5) is 4.39 Å². The summed E-state index contributed by atoms with van der Waals surface area (Å²) in [5.41, 5.74) is 2.50. The van der Waals surface area contributed by atoms with Gasteiger partial charge in [-0.3, -0.25) is 9.48 Å². The molecule has 2 aromatic carbocycles. The number of halogens is 1. The zero-order valence-corrected chi connectivity index (χ0v) is 16.4. The number of nitrogens with zero attached hydrogens (tertiary/aromatic N) is 2. The second-order valence-electron chi connectivity index (χ2n) is 6.88. The van der Waals surface area contributed by atoms with E-state index in [2.05, 4.69) is 10.4 Å². The van der Waals surface area contributed by atoms with E-state index in [-0.39, 0.29) is 30.1 Å². The van der Waals surface area contributed by atoms with Crippen molar-refractivity contribution in [2.24, 2.45) is 0 Å². The summed E-state index contributed by atoms with van der Waals surface area (Å²) >= 11 is 0. The number of amides is 1. The molecule has 0 spiro atoms. The van der Waals surface area contributed by atoms with Gasteiger partial charge in [-0.05, 0) is 49.2 Å². The highest BCUT2D eigenvalue weighted by molar-refractivity contribution is 5.76. The third-order valence-corrected chi connectivity index (χ3v) is 4.76. The molecule has 0 saturated heterocycles. The van der Waals surface area contributed by atoms with E-state index < -0.39 is 0 Å².